The number of thiophene rings is 1. The molecule has 0 aliphatic heterocycles. The molecule has 1 aromatic heterocycles. The maximum atomic E-state index is 11.3. The molecule has 2 rings (SSSR count). The van der Waals surface area contributed by atoms with Crippen LogP contribution in [0.2, 0.25) is 0 Å². The van der Waals surface area contributed by atoms with Crippen molar-refractivity contribution in [3.8, 4) is 0 Å². The molecule has 2 aromatic rings. The molecule has 1 aromatic carbocycles. The van der Waals surface area contributed by atoms with Gasteiger partial charge in [0.25, 0.3) is 0 Å². The molecule has 1 unspecified atom stereocenters. The smallest absolute Gasteiger partial charge is 0.238 e. The van der Waals surface area contributed by atoms with Gasteiger partial charge in [-0.2, -0.15) is 0 Å². The molecule has 4 N–H and O–H groups in total. The van der Waals surface area contributed by atoms with Crippen molar-refractivity contribution in [2.45, 2.75) is 24.7 Å². The van der Waals surface area contributed by atoms with Gasteiger partial charge >= 0.3 is 0 Å². The van der Waals surface area contributed by atoms with Crippen molar-refractivity contribution in [3.05, 3.63) is 52.2 Å². The van der Waals surface area contributed by atoms with Gasteiger partial charge in [-0.25, -0.2) is 13.6 Å². The van der Waals surface area contributed by atoms with Crippen LogP contribution in [0, 0.1) is 5.92 Å². The van der Waals surface area contributed by atoms with E-state index in [0.29, 0.717) is 12.5 Å². The van der Waals surface area contributed by atoms with Gasteiger partial charge in [0.15, 0.2) is 5.96 Å². The maximum Gasteiger partial charge on any atom is 0.238 e. The second-order valence-corrected chi connectivity index (χ2v) is 8.80. The molecule has 1 atom stereocenters. The third kappa shape index (κ3) is 6.78. The molecular weight excluding hydrogens is 368 g/mol. The second-order valence-electron chi connectivity index (χ2n) is 6.21. The SMILES string of the molecule is CN=C(NCCc1ccc(S(N)(=O)=O)cc1)NCC(C)Cc1cccs1. The van der Waals surface area contributed by atoms with E-state index in [4.69, 9.17) is 5.14 Å². The highest BCUT2D eigenvalue weighted by molar-refractivity contribution is 7.89. The molecule has 0 radical (unpaired) electrons. The Morgan fingerprint density at radius 1 is 1.23 bits per heavy atom. The van der Waals surface area contributed by atoms with E-state index in [2.05, 4.69) is 40.1 Å². The summed E-state index contributed by atoms with van der Waals surface area (Å²) in [5.74, 6) is 1.28. The lowest BCUT2D eigenvalue weighted by molar-refractivity contribution is 0.562. The van der Waals surface area contributed by atoms with Crippen LogP contribution in [0.1, 0.15) is 17.4 Å². The summed E-state index contributed by atoms with van der Waals surface area (Å²) in [6.07, 6.45) is 1.81. The standard InChI is InChI=1S/C18H26N4O2S2/c1-14(12-16-4-3-11-25-16)13-22-18(20-2)21-10-9-15-5-7-17(8-6-15)26(19,23)24/h3-8,11,14H,9-10,12-13H2,1-2H3,(H2,19,23,24)(H2,20,21,22). The number of nitrogens with zero attached hydrogens (tertiary/aromatic N) is 1. The molecule has 0 bridgehead atoms. The molecule has 0 fully saturated rings. The predicted molar refractivity (Wildman–Crippen MR) is 108 cm³/mol. The number of hydrogen-bond donors (Lipinski definition) is 3. The van der Waals surface area contributed by atoms with Gasteiger partial charge in [0, 0.05) is 25.0 Å². The van der Waals surface area contributed by atoms with Crippen LogP contribution < -0.4 is 15.8 Å². The number of hydrogen-bond acceptors (Lipinski definition) is 4. The topological polar surface area (TPSA) is 96.6 Å². The molecule has 0 saturated heterocycles. The lowest BCUT2D eigenvalue weighted by Crippen LogP contribution is -2.40. The van der Waals surface area contributed by atoms with E-state index in [0.717, 1.165) is 30.9 Å². The highest BCUT2D eigenvalue weighted by Gasteiger charge is 2.08. The average molecular weight is 395 g/mol. The van der Waals surface area contributed by atoms with Crippen molar-refractivity contribution >= 4 is 27.3 Å². The summed E-state index contributed by atoms with van der Waals surface area (Å²) in [6.45, 7) is 3.77. The Labute approximate surface area is 159 Å². The van der Waals surface area contributed by atoms with E-state index < -0.39 is 10.0 Å². The van der Waals surface area contributed by atoms with Gasteiger partial charge in [-0.3, -0.25) is 4.99 Å². The van der Waals surface area contributed by atoms with Crippen molar-refractivity contribution < 1.29 is 8.42 Å². The van der Waals surface area contributed by atoms with Crippen molar-refractivity contribution in [1.82, 2.24) is 10.6 Å². The van der Waals surface area contributed by atoms with E-state index in [-0.39, 0.29) is 4.90 Å². The molecule has 0 amide bonds. The molecule has 1 heterocycles. The summed E-state index contributed by atoms with van der Waals surface area (Å²) < 4.78 is 22.5. The first-order valence-electron chi connectivity index (χ1n) is 8.47. The van der Waals surface area contributed by atoms with E-state index in [9.17, 15) is 8.42 Å². The normalized spacial score (nSPS) is 13.4. The molecule has 6 nitrogen and oxygen atoms in total. The Bertz CT molecular complexity index is 800. The Morgan fingerprint density at radius 3 is 2.54 bits per heavy atom. The number of primary sulfonamides is 1. The van der Waals surface area contributed by atoms with Crippen LogP contribution >= 0.6 is 11.3 Å². The second kappa shape index (κ2) is 9.70. The monoisotopic (exact) mass is 394 g/mol. The molecule has 0 aliphatic carbocycles. The first-order chi connectivity index (χ1) is 12.4. The maximum absolute atomic E-state index is 11.3. The molecule has 8 heteroatoms. The summed E-state index contributed by atoms with van der Waals surface area (Å²) in [7, 11) is -1.89. The number of nitrogens with two attached hydrogens (primary N) is 1. The van der Waals surface area contributed by atoms with Gasteiger partial charge in [0.2, 0.25) is 10.0 Å². The van der Waals surface area contributed by atoms with Crippen LogP contribution in [0.3, 0.4) is 0 Å². The van der Waals surface area contributed by atoms with Crippen LogP contribution in [-0.4, -0.2) is 34.5 Å². The van der Waals surface area contributed by atoms with E-state index in [1.807, 2.05) is 0 Å². The van der Waals surface area contributed by atoms with Crippen LogP contribution in [0.25, 0.3) is 0 Å². The minimum Gasteiger partial charge on any atom is -0.356 e. The van der Waals surface area contributed by atoms with Crippen LogP contribution in [-0.2, 0) is 22.9 Å². The molecule has 0 saturated carbocycles. The molecule has 142 valence electrons. The van der Waals surface area contributed by atoms with Gasteiger partial charge in [0.05, 0.1) is 4.90 Å². The van der Waals surface area contributed by atoms with Crippen molar-refractivity contribution in [1.29, 1.82) is 0 Å². The van der Waals surface area contributed by atoms with Crippen molar-refractivity contribution in [2.75, 3.05) is 20.1 Å². The van der Waals surface area contributed by atoms with Crippen molar-refractivity contribution in [3.63, 3.8) is 0 Å². The quantitative estimate of drug-likeness (QED) is 0.471. The minimum absolute atomic E-state index is 0.131. The van der Waals surface area contributed by atoms with Gasteiger partial charge in [-0.15, -0.1) is 11.3 Å². The molecule has 0 spiro atoms. The zero-order valence-electron chi connectivity index (χ0n) is 15.1. The summed E-state index contributed by atoms with van der Waals surface area (Å²) in [5, 5.41) is 13.8. The third-order valence-corrected chi connectivity index (χ3v) is 5.76. The van der Waals surface area contributed by atoms with E-state index >= 15 is 0 Å². The first-order valence-corrected chi connectivity index (χ1v) is 10.9. The Morgan fingerprint density at radius 2 is 1.96 bits per heavy atom. The molecular formula is C18H26N4O2S2. The number of rotatable bonds is 8. The summed E-state index contributed by atoms with van der Waals surface area (Å²) in [5.41, 5.74) is 1.03. The number of nitrogens with one attached hydrogen (secondary N) is 2. The fourth-order valence-electron chi connectivity index (χ4n) is 2.51. The molecule has 0 aliphatic rings. The predicted octanol–water partition coefficient (Wildman–Crippen LogP) is 1.98. The average Bonchev–Trinajstić information content (AvgIpc) is 3.10. The zero-order chi connectivity index (χ0) is 19.0. The summed E-state index contributed by atoms with van der Waals surface area (Å²) in [4.78, 5) is 5.76. The Hall–Kier alpha value is -1.90. The Kier molecular flexibility index (Phi) is 7.62. The summed E-state index contributed by atoms with van der Waals surface area (Å²) in [6, 6.07) is 10.9. The van der Waals surface area contributed by atoms with E-state index in [1.165, 1.54) is 17.0 Å². The fraction of sp³-hybridized carbons (Fsp3) is 0.389. The number of benzene rings is 1. The largest absolute Gasteiger partial charge is 0.356 e. The van der Waals surface area contributed by atoms with Gasteiger partial charge in [-0.05, 0) is 47.9 Å². The van der Waals surface area contributed by atoms with E-state index in [1.54, 1.807) is 30.5 Å². The highest BCUT2D eigenvalue weighted by atomic mass is 32.2. The Balaban J connectivity index is 1.73. The number of sulfonamides is 1. The van der Waals surface area contributed by atoms with Crippen LogP contribution in [0.4, 0.5) is 0 Å². The van der Waals surface area contributed by atoms with Gasteiger partial charge < -0.3 is 10.6 Å². The lowest BCUT2D eigenvalue weighted by atomic mass is 10.1. The molecule has 26 heavy (non-hydrogen) atoms. The summed E-state index contributed by atoms with van der Waals surface area (Å²) >= 11 is 1.79. The van der Waals surface area contributed by atoms with Gasteiger partial charge in [0.1, 0.15) is 0 Å². The fourth-order valence-corrected chi connectivity index (χ4v) is 3.89. The lowest BCUT2D eigenvalue weighted by Gasteiger charge is -2.15. The van der Waals surface area contributed by atoms with Crippen molar-refractivity contribution in [2.24, 2.45) is 16.0 Å². The highest BCUT2D eigenvalue weighted by Crippen LogP contribution is 2.13. The van der Waals surface area contributed by atoms with Crippen LogP contribution in [0.5, 0.6) is 0 Å². The number of aliphatic imine (C=N–C) groups is 1. The number of guanidine groups is 1. The van der Waals surface area contributed by atoms with Gasteiger partial charge in [-0.1, -0.05) is 25.1 Å². The minimum atomic E-state index is -3.64. The first kappa shape index (κ1) is 20.4. The zero-order valence-corrected chi connectivity index (χ0v) is 16.7. The third-order valence-electron chi connectivity index (χ3n) is 3.93. The van der Waals surface area contributed by atoms with Crippen LogP contribution in [0.15, 0.2) is 51.7 Å².